The smallest absolute Gasteiger partial charge is 0.134 e. The zero-order chi connectivity index (χ0) is 9.80. The molecule has 0 unspecified atom stereocenters. The first kappa shape index (κ1) is 9.21. The molecule has 0 radical (unpaired) electrons. The third-order valence-electron chi connectivity index (χ3n) is 2.02. The van der Waals surface area contributed by atoms with Gasteiger partial charge in [-0.25, -0.2) is 4.98 Å². The number of hydrogen-bond acceptors (Lipinski definition) is 3. The molecule has 72 valence electrons. The molecule has 3 heteroatoms. The third-order valence-corrected chi connectivity index (χ3v) is 2.90. The van der Waals surface area contributed by atoms with Gasteiger partial charge in [0, 0.05) is 22.8 Å². The minimum Gasteiger partial charge on any atom is -0.369 e. The molecule has 0 saturated heterocycles. The predicted octanol–water partition coefficient (Wildman–Crippen LogP) is 3.28. The van der Waals surface area contributed by atoms with Crippen LogP contribution in [0.1, 0.15) is 6.42 Å². The third kappa shape index (κ3) is 1.77. The summed E-state index contributed by atoms with van der Waals surface area (Å²) >= 11 is 1.74. The number of rotatable bonds is 4. The number of nitrogens with one attached hydrogen (secondary N) is 1. The molecule has 0 amide bonds. The van der Waals surface area contributed by atoms with E-state index in [1.165, 1.54) is 10.1 Å². The molecule has 14 heavy (non-hydrogen) atoms. The summed E-state index contributed by atoms with van der Waals surface area (Å²) in [6, 6.07) is 4.14. The Morgan fingerprint density at radius 3 is 3.29 bits per heavy atom. The van der Waals surface area contributed by atoms with Crippen LogP contribution in [0.2, 0.25) is 0 Å². The van der Waals surface area contributed by atoms with Crippen LogP contribution in [0.15, 0.2) is 36.4 Å². The van der Waals surface area contributed by atoms with Crippen molar-refractivity contribution in [3.8, 4) is 0 Å². The summed E-state index contributed by atoms with van der Waals surface area (Å²) in [7, 11) is 0. The number of aromatic nitrogens is 1. The quantitative estimate of drug-likeness (QED) is 0.610. The minimum absolute atomic E-state index is 0.894. The molecule has 0 aliphatic rings. The highest BCUT2D eigenvalue weighted by Crippen LogP contribution is 2.25. The molecule has 2 nitrogen and oxygen atoms in total. The van der Waals surface area contributed by atoms with Crippen molar-refractivity contribution < 1.29 is 0 Å². The maximum atomic E-state index is 4.31. The van der Waals surface area contributed by atoms with Gasteiger partial charge in [-0.3, -0.25) is 0 Å². The SMILES string of the molecule is C=CCCNc1nccc2sccc12. The van der Waals surface area contributed by atoms with Gasteiger partial charge in [-0.1, -0.05) is 6.08 Å². The molecule has 0 bridgehead atoms. The van der Waals surface area contributed by atoms with Gasteiger partial charge in [0.05, 0.1) is 0 Å². The summed E-state index contributed by atoms with van der Waals surface area (Å²) in [5, 5.41) is 6.60. The summed E-state index contributed by atoms with van der Waals surface area (Å²) in [6.45, 7) is 4.58. The van der Waals surface area contributed by atoms with E-state index in [1.807, 2.05) is 18.3 Å². The highest BCUT2D eigenvalue weighted by atomic mass is 32.1. The Kier molecular flexibility index (Phi) is 2.79. The molecule has 2 rings (SSSR count). The molecule has 2 aromatic heterocycles. The summed E-state index contributed by atoms with van der Waals surface area (Å²) in [4.78, 5) is 4.31. The molecule has 0 saturated carbocycles. The van der Waals surface area contributed by atoms with Crippen LogP contribution >= 0.6 is 11.3 Å². The lowest BCUT2D eigenvalue weighted by molar-refractivity contribution is 1.06. The second-order valence-corrected chi connectivity index (χ2v) is 3.94. The van der Waals surface area contributed by atoms with Gasteiger partial charge < -0.3 is 5.32 Å². The molecule has 0 spiro atoms. The fourth-order valence-electron chi connectivity index (χ4n) is 1.33. The Morgan fingerprint density at radius 1 is 1.50 bits per heavy atom. The molecule has 0 aliphatic carbocycles. The van der Waals surface area contributed by atoms with Crippen molar-refractivity contribution in [1.29, 1.82) is 0 Å². The molecule has 0 fully saturated rings. The van der Waals surface area contributed by atoms with Crippen LogP contribution in [0.5, 0.6) is 0 Å². The summed E-state index contributed by atoms with van der Waals surface area (Å²) < 4.78 is 1.28. The number of hydrogen-bond donors (Lipinski definition) is 1. The molecule has 2 heterocycles. The average molecular weight is 204 g/mol. The van der Waals surface area contributed by atoms with Crippen LogP contribution in [0.4, 0.5) is 5.82 Å². The van der Waals surface area contributed by atoms with Gasteiger partial charge in [-0.2, -0.15) is 0 Å². The lowest BCUT2D eigenvalue weighted by Gasteiger charge is -2.04. The average Bonchev–Trinajstić information content (AvgIpc) is 2.67. The summed E-state index contributed by atoms with van der Waals surface area (Å²) in [6.07, 6.45) is 4.71. The van der Waals surface area contributed by atoms with E-state index < -0.39 is 0 Å². The van der Waals surface area contributed by atoms with E-state index in [0.29, 0.717) is 0 Å². The van der Waals surface area contributed by atoms with Crippen molar-refractivity contribution >= 4 is 27.2 Å². The number of thiophene rings is 1. The lowest BCUT2D eigenvalue weighted by atomic mass is 10.3. The van der Waals surface area contributed by atoms with Crippen LogP contribution < -0.4 is 5.32 Å². The van der Waals surface area contributed by atoms with Gasteiger partial charge in [-0.05, 0) is 23.9 Å². The topological polar surface area (TPSA) is 24.9 Å². The van der Waals surface area contributed by atoms with Crippen LogP contribution in [-0.2, 0) is 0 Å². The van der Waals surface area contributed by atoms with Gasteiger partial charge in [0.1, 0.15) is 5.82 Å². The number of anilines is 1. The Morgan fingerprint density at radius 2 is 2.43 bits per heavy atom. The molecule has 0 aliphatic heterocycles. The van der Waals surface area contributed by atoms with Crippen LogP contribution in [-0.4, -0.2) is 11.5 Å². The second-order valence-electron chi connectivity index (χ2n) is 3.00. The van der Waals surface area contributed by atoms with Gasteiger partial charge >= 0.3 is 0 Å². The first-order valence-electron chi connectivity index (χ1n) is 4.59. The van der Waals surface area contributed by atoms with Crippen molar-refractivity contribution in [2.45, 2.75) is 6.42 Å². The molecule has 1 N–H and O–H groups in total. The Hall–Kier alpha value is -1.35. The number of fused-ring (bicyclic) bond motifs is 1. The van der Waals surface area contributed by atoms with Crippen molar-refractivity contribution in [3.05, 3.63) is 36.4 Å². The highest BCUT2D eigenvalue weighted by molar-refractivity contribution is 7.17. The van der Waals surface area contributed by atoms with Crippen molar-refractivity contribution in [1.82, 2.24) is 4.98 Å². The second kappa shape index (κ2) is 4.24. The largest absolute Gasteiger partial charge is 0.369 e. The van der Waals surface area contributed by atoms with E-state index in [2.05, 4.69) is 28.3 Å². The van der Waals surface area contributed by atoms with E-state index >= 15 is 0 Å². The highest BCUT2D eigenvalue weighted by Gasteiger charge is 2.01. The van der Waals surface area contributed by atoms with Gasteiger partial charge in [0.25, 0.3) is 0 Å². The van der Waals surface area contributed by atoms with Gasteiger partial charge in [0.15, 0.2) is 0 Å². The monoisotopic (exact) mass is 204 g/mol. The maximum absolute atomic E-state index is 4.31. The first-order valence-corrected chi connectivity index (χ1v) is 5.47. The molecular weight excluding hydrogens is 192 g/mol. The van der Waals surface area contributed by atoms with Gasteiger partial charge in [0.2, 0.25) is 0 Å². The normalized spacial score (nSPS) is 10.3. The standard InChI is InChI=1S/C11H12N2S/c1-2-3-6-12-11-9-5-8-14-10(9)4-7-13-11/h2,4-5,7-8H,1,3,6H2,(H,12,13). The fraction of sp³-hybridized carbons (Fsp3) is 0.182. The fourth-order valence-corrected chi connectivity index (χ4v) is 2.11. The summed E-state index contributed by atoms with van der Waals surface area (Å²) in [5.74, 6) is 0.977. The summed E-state index contributed by atoms with van der Waals surface area (Å²) in [5.41, 5.74) is 0. The Bertz CT molecular complexity index is 434. The maximum Gasteiger partial charge on any atom is 0.134 e. The number of pyridine rings is 1. The zero-order valence-corrected chi connectivity index (χ0v) is 8.68. The van der Waals surface area contributed by atoms with Gasteiger partial charge in [-0.15, -0.1) is 17.9 Å². The van der Waals surface area contributed by atoms with Crippen LogP contribution in [0.3, 0.4) is 0 Å². The van der Waals surface area contributed by atoms with E-state index in [4.69, 9.17) is 0 Å². The van der Waals surface area contributed by atoms with E-state index in [0.717, 1.165) is 18.8 Å². The molecule has 0 aromatic carbocycles. The van der Waals surface area contributed by atoms with Crippen LogP contribution in [0.25, 0.3) is 10.1 Å². The Balaban J connectivity index is 2.23. The van der Waals surface area contributed by atoms with Crippen LogP contribution in [0, 0.1) is 0 Å². The number of nitrogens with zero attached hydrogens (tertiary/aromatic N) is 1. The van der Waals surface area contributed by atoms with Crippen molar-refractivity contribution in [2.24, 2.45) is 0 Å². The zero-order valence-electron chi connectivity index (χ0n) is 7.86. The predicted molar refractivity (Wildman–Crippen MR) is 62.9 cm³/mol. The van der Waals surface area contributed by atoms with Crippen molar-refractivity contribution in [2.75, 3.05) is 11.9 Å². The molecule has 0 atom stereocenters. The minimum atomic E-state index is 0.894. The molecular formula is C11H12N2S. The molecule has 2 aromatic rings. The van der Waals surface area contributed by atoms with Crippen molar-refractivity contribution in [3.63, 3.8) is 0 Å². The first-order chi connectivity index (χ1) is 6.92. The lowest BCUT2D eigenvalue weighted by Crippen LogP contribution is -2.01. The van der Waals surface area contributed by atoms with E-state index in [-0.39, 0.29) is 0 Å². The van der Waals surface area contributed by atoms with E-state index in [1.54, 1.807) is 11.3 Å². The Labute approximate surface area is 87.3 Å². The van der Waals surface area contributed by atoms with E-state index in [9.17, 15) is 0 Å².